The summed E-state index contributed by atoms with van der Waals surface area (Å²) in [5.74, 6) is 0. The lowest BCUT2D eigenvalue weighted by Gasteiger charge is -2.43. The Bertz CT molecular complexity index is 347. The van der Waals surface area contributed by atoms with Crippen LogP contribution < -0.4 is 4.72 Å². The Labute approximate surface area is 91.6 Å². The molecule has 15 heavy (non-hydrogen) atoms. The molecular weight excluding hydrogens is 214 g/mol. The van der Waals surface area contributed by atoms with Crippen LogP contribution in [-0.4, -0.2) is 55.4 Å². The van der Waals surface area contributed by atoms with Crippen LogP contribution in [0.1, 0.15) is 20.8 Å². The van der Waals surface area contributed by atoms with Crippen molar-refractivity contribution in [3.05, 3.63) is 0 Å². The molecule has 2 fully saturated rings. The van der Waals surface area contributed by atoms with E-state index in [2.05, 4.69) is 30.4 Å². The van der Waals surface area contributed by atoms with E-state index in [-0.39, 0.29) is 11.6 Å². The number of rotatable bonds is 0. The highest BCUT2D eigenvalue weighted by Gasteiger charge is 2.42. The Morgan fingerprint density at radius 1 is 1.27 bits per heavy atom. The third-order valence-electron chi connectivity index (χ3n) is 3.19. The molecule has 0 bridgehead atoms. The molecule has 88 valence electrons. The maximum absolute atomic E-state index is 11.5. The molecule has 0 aromatic carbocycles. The van der Waals surface area contributed by atoms with Crippen LogP contribution in [0.15, 0.2) is 0 Å². The molecule has 2 aliphatic rings. The largest absolute Gasteiger partial charge is 0.296 e. The maximum Gasteiger partial charge on any atom is 0.279 e. The van der Waals surface area contributed by atoms with Crippen LogP contribution in [0.2, 0.25) is 0 Å². The molecule has 0 aromatic heterocycles. The Morgan fingerprint density at radius 2 is 1.93 bits per heavy atom. The van der Waals surface area contributed by atoms with Gasteiger partial charge in [0, 0.05) is 31.7 Å². The highest BCUT2D eigenvalue weighted by molar-refractivity contribution is 7.87. The van der Waals surface area contributed by atoms with E-state index in [0.717, 1.165) is 13.1 Å². The topological polar surface area (TPSA) is 52.6 Å². The molecule has 0 radical (unpaired) electrons. The lowest BCUT2D eigenvalue weighted by atomic mass is 10.0. The van der Waals surface area contributed by atoms with Gasteiger partial charge in [-0.25, -0.2) is 4.72 Å². The number of piperazine rings is 1. The highest BCUT2D eigenvalue weighted by atomic mass is 32.2. The van der Waals surface area contributed by atoms with E-state index in [9.17, 15) is 8.42 Å². The first-order valence-corrected chi connectivity index (χ1v) is 6.76. The zero-order chi connectivity index (χ0) is 11.3. The third-order valence-corrected chi connectivity index (χ3v) is 4.82. The minimum absolute atomic E-state index is 0.114. The van der Waals surface area contributed by atoms with Gasteiger partial charge in [-0.05, 0) is 20.8 Å². The molecule has 5 nitrogen and oxygen atoms in total. The summed E-state index contributed by atoms with van der Waals surface area (Å²) in [6.07, 6.45) is 0. The molecule has 2 aliphatic heterocycles. The summed E-state index contributed by atoms with van der Waals surface area (Å²) in [7, 11) is -3.16. The summed E-state index contributed by atoms with van der Waals surface area (Å²) in [6, 6.07) is 0.114. The standard InChI is InChI=1S/C9H19N3O2S/c1-9(2,3)11-4-5-12-8(7-11)6-10-15(12,13)14/h8,10H,4-7H2,1-3H3. The zero-order valence-electron chi connectivity index (χ0n) is 9.52. The number of nitrogens with one attached hydrogen (secondary N) is 1. The summed E-state index contributed by atoms with van der Waals surface area (Å²) in [6.45, 7) is 9.31. The molecule has 0 aromatic rings. The van der Waals surface area contributed by atoms with Crippen molar-refractivity contribution in [1.82, 2.24) is 13.9 Å². The van der Waals surface area contributed by atoms with Gasteiger partial charge in [0.05, 0.1) is 6.04 Å². The van der Waals surface area contributed by atoms with Crippen LogP contribution in [0.5, 0.6) is 0 Å². The Hall–Kier alpha value is -0.170. The second-order valence-electron chi connectivity index (χ2n) is 5.23. The van der Waals surface area contributed by atoms with Crippen LogP contribution >= 0.6 is 0 Å². The van der Waals surface area contributed by atoms with Crippen molar-refractivity contribution >= 4 is 10.2 Å². The van der Waals surface area contributed by atoms with Gasteiger partial charge in [-0.1, -0.05) is 0 Å². The van der Waals surface area contributed by atoms with Gasteiger partial charge in [0.15, 0.2) is 0 Å². The Morgan fingerprint density at radius 3 is 2.53 bits per heavy atom. The van der Waals surface area contributed by atoms with Crippen molar-refractivity contribution in [3.8, 4) is 0 Å². The van der Waals surface area contributed by atoms with E-state index < -0.39 is 10.2 Å². The predicted octanol–water partition coefficient (Wildman–Crippen LogP) is -0.381. The third kappa shape index (κ3) is 2.04. The van der Waals surface area contributed by atoms with Gasteiger partial charge in [-0.3, -0.25) is 4.90 Å². The normalized spacial score (nSPS) is 32.9. The molecule has 2 saturated heterocycles. The first kappa shape index (κ1) is 11.3. The van der Waals surface area contributed by atoms with Crippen LogP contribution in [0, 0.1) is 0 Å². The van der Waals surface area contributed by atoms with E-state index in [1.54, 1.807) is 4.31 Å². The van der Waals surface area contributed by atoms with Gasteiger partial charge in [-0.15, -0.1) is 0 Å². The fourth-order valence-electron chi connectivity index (χ4n) is 2.22. The van der Waals surface area contributed by atoms with E-state index >= 15 is 0 Å². The summed E-state index contributed by atoms with van der Waals surface area (Å²) in [5, 5.41) is 0. The highest BCUT2D eigenvalue weighted by Crippen LogP contribution is 2.23. The fourth-order valence-corrected chi connectivity index (χ4v) is 3.64. The van der Waals surface area contributed by atoms with E-state index in [1.165, 1.54) is 0 Å². The average molecular weight is 233 g/mol. The van der Waals surface area contributed by atoms with Gasteiger partial charge in [0.1, 0.15) is 0 Å². The minimum atomic E-state index is -3.16. The molecule has 0 saturated carbocycles. The number of fused-ring (bicyclic) bond motifs is 1. The number of hydrogen-bond acceptors (Lipinski definition) is 3. The van der Waals surface area contributed by atoms with Crippen molar-refractivity contribution in [2.24, 2.45) is 0 Å². The fraction of sp³-hybridized carbons (Fsp3) is 1.00. The second-order valence-corrected chi connectivity index (χ2v) is 6.94. The van der Waals surface area contributed by atoms with Gasteiger partial charge in [-0.2, -0.15) is 12.7 Å². The lowest BCUT2D eigenvalue weighted by molar-refractivity contribution is 0.0677. The molecule has 1 atom stereocenters. The molecule has 1 N–H and O–H groups in total. The SMILES string of the molecule is CC(C)(C)N1CCN2C(CNS2(=O)=O)C1. The summed E-state index contributed by atoms with van der Waals surface area (Å²) < 4.78 is 27.3. The van der Waals surface area contributed by atoms with Crippen LogP contribution in [0.4, 0.5) is 0 Å². The van der Waals surface area contributed by atoms with Crippen molar-refractivity contribution in [2.75, 3.05) is 26.2 Å². The summed E-state index contributed by atoms with van der Waals surface area (Å²) in [5.41, 5.74) is 0.123. The molecule has 2 rings (SSSR count). The van der Waals surface area contributed by atoms with Gasteiger partial charge >= 0.3 is 0 Å². The smallest absolute Gasteiger partial charge is 0.279 e. The van der Waals surface area contributed by atoms with Gasteiger partial charge in [0.2, 0.25) is 0 Å². The second kappa shape index (κ2) is 3.41. The van der Waals surface area contributed by atoms with Gasteiger partial charge in [0.25, 0.3) is 10.2 Å². The van der Waals surface area contributed by atoms with Crippen LogP contribution in [-0.2, 0) is 10.2 Å². The average Bonchev–Trinajstić information content (AvgIpc) is 2.41. The maximum atomic E-state index is 11.5. The van der Waals surface area contributed by atoms with E-state index in [4.69, 9.17) is 0 Å². The van der Waals surface area contributed by atoms with E-state index in [1.807, 2.05) is 0 Å². The molecular formula is C9H19N3O2S. The van der Waals surface area contributed by atoms with Crippen molar-refractivity contribution < 1.29 is 8.42 Å². The quantitative estimate of drug-likeness (QED) is 0.620. The predicted molar refractivity (Wildman–Crippen MR) is 58.7 cm³/mol. The lowest BCUT2D eigenvalue weighted by Crippen LogP contribution is -2.57. The first-order valence-electron chi connectivity index (χ1n) is 5.32. The summed E-state index contributed by atoms with van der Waals surface area (Å²) in [4.78, 5) is 2.34. The molecule has 0 amide bonds. The van der Waals surface area contributed by atoms with E-state index in [0.29, 0.717) is 13.1 Å². The minimum Gasteiger partial charge on any atom is -0.296 e. The molecule has 2 heterocycles. The number of nitrogens with zero attached hydrogens (tertiary/aromatic N) is 2. The Kier molecular flexibility index (Phi) is 2.57. The van der Waals surface area contributed by atoms with Crippen molar-refractivity contribution in [2.45, 2.75) is 32.4 Å². The summed E-state index contributed by atoms with van der Waals surface area (Å²) >= 11 is 0. The molecule has 6 heteroatoms. The monoisotopic (exact) mass is 233 g/mol. The zero-order valence-corrected chi connectivity index (χ0v) is 10.3. The Balaban J connectivity index is 2.11. The molecule has 0 spiro atoms. The van der Waals surface area contributed by atoms with Gasteiger partial charge < -0.3 is 0 Å². The van der Waals surface area contributed by atoms with Crippen molar-refractivity contribution in [1.29, 1.82) is 0 Å². The first-order chi connectivity index (χ1) is 6.81. The van der Waals surface area contributed by atoms with Crippen LogP contribution in [0.25, 0.3) is 0 Å². The molecule has 1 unspecified atom stereocenters. The molecule has 0 aliphatic carbocycles. The number of hydrogen-bond donors (Lipinski definition) is 1. The van der Waals surface area contributed by atoms with Crippen LogP contribution in [0.3, 0.4) is 0 Å². The van der Waals surface area contributed by atoms with Crippen molar-refractivity contribution in [3.63, 3.8) is 0 Å².